The van der Waals surface area contributed by atoms with Crippen molar-refractivity contribution in [1.29, 1.82) is 0 Å². The van der Waals surface area contributed by atoms with Gasteiger partial charge in [-0.25, -0.2) is 8.78 Å². The molecule has 2 N–H and O–H groups in total. The second-order valence-corrected chi connectivity index (χ2v) is 15.1. The predicted octanol–water partition coefficient (Wildman–Crippen LogP) is 5.03. The van der Waals surface area contributed by atoms with Crippen LogP contribution in [-0.4, -0.2) is 93.5 Å². The fourth-order valence-corrected chi connectivity index (χ4v) is 8.91. The lowest BCUT2D eigenvalue weighted by Gasteiger charge is -2.42. The van der Waals surface area contributed by atoms with Crippen LogP contribution >= 0.6 is 0 Å². The molecule has 10 nitrogen and oxygen atoms in total. The summed E-state index contributed by atoms with van der Waals surface area (Å²) in [7, 11) is 1.83. The number of carbonyl (C=O) groups excluding carboxylic acids is 1. The number of aliphatic hydroxyl groups is 1. The lowest BCUT2D eigenvalue weighted by atomic mass is 9.87. The number of likely N-dealkylation sites (N-methyl/N-ethyl adjacent to an activating group) is 1. The Morgan fingerprint density at radius 3 is 2.71 bits per heavy atom. The number of hydrogen-bond donors (Lipinski definition) is 2. The van der Waals surface area contributed by atoms with Crippen LogP contribution in [0, 0.1) is 18.2 Å². The second-order valence-electron chi connectivity index (χ2n) is 15.1. The third-order valence-electron chi connectivity index (χ3n) is 11.7. The highest BCUT2D eigenvalue weighted by atomic mass is 19.1. The minimum absolute atomic E-state index is 0.120. The van der Waals surface area contributed by atoms with Gasteiger partial charge in [0, 0.05) is 75.6 Å². The molecule has 2 aliphatic carbocycles. The molecular weight excluding hydrogens is 664 g/mol. The summed E-state index contributed by atoms with van der Waals surface area (Å²) >= 11 is 0. The van der Waals surface area contributed by atoms with E-state index in [9.17, 15) is 14.3 Å². The average Bonchev–Trinajstić information content (AvgIpc) is 3.76. The van der Waals surface area contributed by atoms with Gasteiger partial charge in [0.25, 0.3) is 0 Å². The number of β-amino-alcohol motifs (C(OH)–C–C–N with tert-alkyl or cyclic N) is 1. The molecule has 274 valence electrons. The van der Waals surface area contributed by atoms with E-state index in [1.807, 2.05) is 31.0 Å². The summed E-state index contributed by atoms with van der Waals surface area (Å²) in [4.78, 5) is 32.7. The molecule has 7 rings (SSSR count). The van der Waals surface area contributed by atoms with Crippen molar-refractivity contribution in [3.05, 3.63) is 77.5 Å². The van der Waals surface area contributed by atoms with Gasteiger partial charge in [-0.15, -0.1) is 6.42 Å². The molecule has 0 radical (unpaired) electrons. The van der Waals surface area contributed by atoms with Crippen LogP contribution in [0.25, 0.3) is 0 Å². The number of terminal acetylenes is 1. The van der Waals surface area contributed by atoms with Crippen molar-refractivity contribution in [2.24, 2.45) is 0 Å². The minimum Gasteiger partial charge on any atom is -0.461 e. The minimum atomic E-state index is -1.03. The molecular formula is C40H47F2N7O3. The number of amides is 1. The number of aromatic nitrogens is 3. The van der Waals surface area contributed by atoms with Crippen LogP contribution in [0.2, 0.25) is 0 Å². The van der Waals surface area contributed by atoms with Gasteiger partial charge < -0.3 is 29.9 Å². The van der Waals surface area contributed by atoms with E-state index in [1.165, 1.54) is 12.1 Å². The van der Waals surface area contributed by atoms with Crippen molar-refractivity contribution in [2.45, 2.75) is 94.1 Å². The monoisotopic (exact) mass is 711 g/mol. The van der Waals surface area contributed by atoms with Crippen LogP contribution in [-0.2, 0) is 24.1 Å². The zero-order valence-electron chi connectivity index (χ0n) is 30.0. The number of ether oxygens (including phenoxy) is 1. The molecule has 2 aromatic heterocycles. The molecule has 12 heteroatoms. The average molecular weight is 712 g/mol. The molecule has 1 saturated heterocycles. The van der Waals surface area contributed by atoms with Gasteiger partial charge >= 0.3 is 6.01 Å². The smallest absolute Gasteiger partial charge is 0.318 e. The zero-order valence-corrected chi connectivity index (χ0v) is 30.0. The summed E-state index contributed by atoms with van der Waals surface area (Å²) < 4.78 is 36.4. The van der Waals surface area contributed by atoms with Crippen LogP contribution in [0.15, 0.2) is 49.3 Å². The van der Waals surface area contributed by atoms with Crippen molar-refractivity contribution < 1.29 is 23.4 Å². The van der Waals surface area contributed by atoms with Crippen LogP contribution in [0.4, 0.5) is 26.0 Å². The van der Waals surface area contributed by atoms with Gasteiger partial charge in [-0.05, 0) is 62.4 Å². The van der Waals surface area contributed by atoms with Gasteiger partial charge in [0.2, 0.25) is 5.91 Å². The quantitative estimate of drug-likeness (QED) is 0.221. The molecule has 3 aromatic rings. The van der Waals surface area contributed by atoms with Gasteiger partial charge in [0.15, 0.2) is 0 Å². The van der Waals surface area contributed by atoms with Crippen LogP contribution in [0.1, 0.15) is 67.8 Å². The third kappa shape index (κ3) is 6.67. The van der Waals surface area contributed by atoms with E-state index >= 15 is 4.39 Å². The van der Waals surface area contributed by atoms with Gasteiger partial charge in [0.1, 0.15) is 24.4 Å². The maximum Gasteiger partial charge on any atom is 0.318 e. The molecule has 0 bridgehead atoms. The van der Waals surface area contributed by atoms with E-state index in [0.29, 0.717) is 50.3 Å². The third-order valence-corrected chi connectivity index (χ3v) is 11.7. The number of pyridine rings is 1. The fraction of sp³-hybridized carbons (Fsp3) is 0.500. The Kier molecular flexibility index (Phi) is 9.83. The molecule has 1 aromatic carbocycles. The largest absolute Gasteiger partial charge is 0.461 e. The highest BCUT2D eigenvalue weighted by Gasteiger charge is 2.44. The number of nitrogens with one attached hydrogen (secondary N) is 1. The second kappa shape index (κ2) is 14.3. The van der Waals surface area contributed by atoms with E-state index < -0.39 is 29.2 Å². The van der Waals surface area contributed by atoms with Crippen LogP contribution < -0.4 is 19.9 Å². The van der Waals surface area contributed by atoms with E-state index in [2.05, 4.69) is 27.7 Å². The van der Waals surface area contributed by atoms with Crippen molar-refractivity contribution in [2.75, 3.05) is 48.4 Å². The SMILES string of the molecule is C#Cc1c(F)ccc2c1N([C@@H]1CCc3c(nc(OC[C@]4(C)C[C@@H](F)CN4c4ccncc4)nc3NCC3(N(C)C(=O)C=C)CCCC3)C1)C[C@H](O)C2. The van der Waals surface area contributed by atoms with E-state index in [-0.39, 0.29) is 43.1 Å². The topological polar surface area (TPSA) is 107 Å². The molecule has 2 aliphatic heterocycles. The number of rotatable bonds is 10. The van der Waals surface area contributed by atoms with E-state index in [0.717, 1.165) is 48.2 Å². The Morgan fingerprint density at radius 2 is 1.98 bits per heavy atom. The van der Waals surface area contributed by atoms with Gasteiger partial charge in [-0.1, -0.05) is 31.4 Å². The van der Waals surface area contributed by atoms with Crippen molar-refractivity contribution >= 4 is 23.1 Å². The summed E-state index contributed by atoms with van der Waals surface area (Å²) in [5.74, 6) is 2.62. The molecule has 52 heavy (non-hydrogen) atoms. The first-order chi connectivity index (χ1) is 25.0. The number of alkyl halides is 1. The number of fused-ring (bicyclic) bond motifs is 2. The summed E-state index contributed by atoms with van der Waals surface area (Å²) in [6.07, 6.45) is 15.2. The van der Waals surface area contributed by atoms with E-state index in [1.54, 1.807) is 23.4 Å². The van der Waals surface area contributed by atoms with Gasteiger partial charge in [-0.2, -0.15) is 9.97 Å². The van der Waals surface area contributed by atoms with Crippen LogP contribution in [0.5, 0.6) is 6.01 Å². The molecule has 4 atom stereocenters. The predicted molar refractivity (Wildman–Crippen MR) is 197 cm³/mol. The maximum atomic E-state index is 15.0. The Labute approximate surface area is 304 Å². The number of benzene rings is 1. The molecule has 0 unspecified atom stereocenters. The first-order valence-electron chi connectivity index (χ1n) is 18.3. The number of halogens is 2. The van der Waals surface area contributed by atoms with Gasteiger partial charge in [-0.3, -0.25) is 9.78 Å². The lowest BCUT2D eigenvalue weighted by Crippen LogP contribution is -2.52. The van der Waals surface area contributed by atoms with Crippen molar-refractivity contribution in [1.82, 2.24) is 19.9 Å². The highest BCUT2D eigenvalue weighted by molar-refractivity contribution is 5.87. The lowest BCUT2D eigenvalue weighted by molar-refractivity contribution is -0.129. The number of aliphatic hydroxyl groups excluding tert-OH is 1. The Bertz CT molecular complexity index is 1860. The first kappa shape index (κ1) is 35.6. The Hall–Kier alpha value is -4.76. The number of hydrogen-bond acceptors (Lipinski definition) is 9. The van der Waals surface area contributed by atoms with Crippen molar-refractivity contribution in [3.63, 3.8) is 0 Å². The highest BCUT2D eigenvalue weighted by Crippen LogP contribution is 2.40. The van der Waals surface area contributed by atoms with E-state index in [4.69, 9.17) is 21.1 Å². The molecule has 2 fully saturated rings. The molecule has 1 saturated carbocycles. The number of nitrogens with zero attached hydrogens (tertiary/aromatic N) is 6. The molecule has 0 spiro atoms. The fourth-order valence-electron chi connectivity index (χ4n) is 8.91. The number of anilines is 3. The zero-order chi connectivity index (χ0) is 36.6. The number of carbonyl (C=O) groups is 1. The molecule has 4 aliphatic rings. The molecule has 1 amide bonds. The first-order valence-corrected chi connectivity index (χ1v) is 18.3. The maximum absolute atomic E-state index is 15.0. The van der Waals surface area contributed by atoms with Gasteiger partial charge in [0.05, 0.1) is 34.1 Å². The molecule has 4 heterocycles. The van der Waals surface area contributed by atoms with Crippen LogP contribution in [0.3, 0.4) is 0 Å². The standard InChI is InChI=1S/C40H47F2N7O3/c1-5-31-33(42)12-9-26-19-30(50)23-48(36(26)31)29-10-11-32-34(20-29)45-38(46-37(32)44-24-40(15-7-8-16-40)47(4)35(51)6-2)52-25-39(3)21-27(41)22-49(39)28-13-17-43-18-14-28/h1,6,9,12-14,17-18,27,29-30,50H,2,7-8,10-11,15-16,19-25H2,3-4H3,(H,44,45,46)/t27-,29-,30-,39+/m1/s1. The normalized spacial score (nSPS) is 24.8. The summed E-state index contributed by atoms with van der Waals surface area (Å²) in [5, 5.41) is 14.5. The Balaban J connectivity index is 1.21. The Morgan fingerprint density at radius 1 is 1.21 bits per heavy atom. The van der Waals surface area contributed by atoms with Crippen molar-refractivity contribution in [3.8, 4) is 18.4 Å². The summed E-state index contributed by atoms with van der Waals surface area (Å²) in [6, 6.07) is 6.87. The summed E-state index contributed by atoms with van der Waals surface area (Å²) in [6.45, 7) is 6.90. The summed E-state index contributed by atoms with van der Waals surface area (Å²) in [5.41, 5.74) is 3.23.